The van der Waals surface area contributed by atoms with Gasteiger partial charge in [-0.3, -0.25) is 0 Å². The van der Waals surface area contributed by atoms with Crippen LogP contribution in [-0.4, -0.2) is 0 Å². The normalized spacial score (nSPS) is 8.69. The summed E-state index contributed by atoms with van der Waals surface area (Å²) in [6.07, 6.45) is 0.906. The predicted octanol–water partition coefficient (Wildman–Crippen LogP) is 4.63. The Morgan fingerprint density at radius 2 is 1.62 bits per heavy atom. The van der Waals surface area contributed by atoms with Gasteiger partial charge >= 0.3 is 0 Å². The average Bonchev–Trinajstić information content (AvgIpc) is 2.38. The van der Waals surface area contributed by atoms with Gasteiger partial charge in [0.05, 0.1) is 0 Å². The van der Waals surface area contributed by atoms with E-state index in [0.29, 0.717) is 0 Å². The molecule has 0 bridgehead atoms. The average molecular weight is 210 g/mol. The van der Waals surface area contributed by atoms with E-state index in [1.807, 2.05) is 13.8 Å². The van der Waals surface area contributed by atoms with E-state index in [4.69, 9.17) is 0 Å². The van der Waals surface area contributed by atoms with Gasteiger partial charge in [0.2, 0.25) is 0 Å². The Kier molecular flexibility index (Phi) is 5.16. The molecule has 0 aliphatic rings. The minimum absolute atomic E-state index is 0.906. The topological polar surface area (TPSA) is 0 Å². The molecule has 2 aromatic rings. The molecule has 16 heavy (non-hydrogen) atoms. The first-order chi connectivity index (χ1) is 7.92. The zero-order chi connectivity index (χ0) is 11.8. The molecular formula is C16H18. The van der Waals surface area contributed by atoms with Crippen LogP contribution in [0, 0.1) is 11.8 Å². The van der Waals surface area contributed by atoms with E-state index >= 15 is 0 Å². The lowest BCUT2D eigenvalue weighted by Crippen LogP contribution is -1.78. The Bertz CT molecular complexity index is 493. The first-order valence-electron chi connectivity index (χ1n) is 5.88. The standard InChI is InChI=1S/C14H12.C2H6/c1-2-3-7-12-9-6-10-13-8-4-5-11-14(12)13;1-2/h4-6,8-11H,2H2,1H3;1-2H3. The van der Waals surface area contributed by atoms with Crippen molar-refractivity contribution in [1.29, 1.82) is 0 Å². The molecule has 2 aromatic carbocycles. The monoisotopic (exact) mass is 210 g/mol. The van der Waals surface area contributed by atoms with E-state index in [0.717, 1.165) is 12.0 Å². The SMILES string of the molecule is CC.CCC#Cc1cccc2ccccc12. The summed E-state index contributed by atoms with van der Waals surface area (Å²) < 4.78 is 0. The number of fused-ring (bicyclic) bond motifs is 1. The van der Waals surface area contributed by atoms with Crippen molar-refractivity contribution >= 4 is 10.8 Å². The van der Waals surface area contributed by atoms with Gasteiger partial charge in [0, 0.05) is 12.0 Å². The maximum absolute atomic E-state index is 3.19. The van der Waals surface area contributed by atoms with Crippen molar-refractivity contribution in [3.63, 3.8) is 0 Å². The fraction of sp³-hybridized carbons (Fsp3) is 0.250. The lowest BCUT2D eigenvalue weighted by Gasteiger charge is -1.98. The third-order valence-electron chi connectivity index (χ3n) is 2.19. The molecule has 82 valence electrons. The molecule has 0 atom stereocenters. The molecule has 0 spiro atoms. The van der Waals surface area contributed by atoms with E-state index in [-0.39, 0.29) is 0 Å². The quantitative estimate of drug-likeness (QED) is 0.556. The Hall–Kier alpha value is -1.74. The minimum Gasteiger partial charge on any atom is -0.0982 e. The summed E-state index contributed by atoms with van der Waals surface area (Å²) in [5, 5.41) is 2.51. The molecule has 0 saturated heterocycles. The molecule has 0 nitrogen and oxygen atoms in total. The largest absolute Gasteiger partial charge is 0.0982 e. The molecule has 0 amide bonds. The van der Waals surface area contributed by atoms with E-state index < -0.39 is 0 Å². The Morgan fingerprint density at radius 3 is 2.38 bits per heavy atom. The van der Waals surface area contributed by atoms with Gasteiger partial charge in [0.25, 0.3) is 0 Å². The smallest absolute Gasteiger partial charge is 0.0323 e. The highest BCUT2D eigenvalue weighted by atomic mass is 14.0. The van der Waals surface area contributed by atoms with E-state index in [1.165, 1.54) is 10.8 Å². The molecule has 2 rings (SSSR count). The van der Waals surface area contributed by atoms with Crippen LogP contribution in [0.3, 0.4) is 0 Å². The van der Waals surface area contributed by atoms with Crippen LogP contribution in [0.15, 0.2) is 42.5 Å². The highest BCUT2D eigenvalue weighted by Crippen LogP contribution is 2.17. The summed E-state index contributed by atoms with van der Waals surface area (Å²) in [7, 11) is 0. The predicted molar refractivity (Wildman–Crippen MR) is 72.5 cm³/mol. The van der Waals surface area contributed by atoms with Crippen molar-refractivity contribution in [2.24, 2.45) is 0 Å². The van der Waals surface area contributed by atoms with E-state index in [9.17, 15) is 0 Å². The molecule has 0 aromatic heterocycles. The number of hydrogen-bond acceptors (Lipinski definition) is 0. The molecule has 0 N–H and O–H groups in total. The highest BCUT2D eigenvalue weighted by Gasteiger charge is 1.95. The van der Waals surface area contributed by atoms with Crippen molar-refractivity contribution < 1.29 is 0 Å². The summed E-state index contributed by atoms with van der Waals surface area (Å²) in [6.45, 7) is 6.07. The summed E-state index contributed by atoms with van der Waals surface area (Å²) in [5.41, 5.74) is 1.13. The molecule has 0 fully saturated rings. The van der Waals surface area contributed by atoms with Gasteiger partial charge in [-0.2, -0.15) is 0 Å². The van der Waals surface area contributed by atoms with Gasteiger partial charge in [-0.05, 0) is 16.8 Å². The minimum atomic E-state index is 0.906. The van der Waals surface area contributed by atoms with E-state index in [2.05, 4.69) is 61.2 Å². The number of rotatable bonds is 0. The summed E-state index contributed by atoms with van der Waals surface area (Å²) in [5.74, 6) is 6.29. The maximum Gasteiger partial charge on any atom is 0.0323 e. The number of benzene rings is 2. The lowest BCUT2D eigenvalue weighted by atomic mass is 10.1. The molecule has 0 heterocycles. The molecule has 0 aliphatic heterocycles. The highest BCUT2D eigenvalue weighted by molar-refractivity contribution is 5.88. The first kappa shape index (κ1) is 12.3. The fourth-order valence-electron chi connectivity index (χ4n) is 1.52. The van der Waals surface area contributed by atoms with Crippen molar-refractivity contribution in [3.8, 4) is 11.8 Å². The van der Waals surface area contributed by atoms with Gasteiger partial charge in [-0.15, -0.1) is 0 Å². The third kappa shape index (κ3) is 2.87. The Labute approximate surface area is 98.3 Å². The third-order valence-corrected chi connectivity index (χ3v) is 2.19. The zero-order valence-corrected chi connectivity index (χ0v) is 10.2. The van der Waals surface area contributed by atoms with Crippen LogP contribution in [0.1, 0.15) is 32.8 Å². The van der Waals surface area contributed by atoms with Crippen molar-refractivity contribution in [1.82, 2.24) is 0 Å². The summed E-state index contributed by atoms with van der Waals surface area (Å²) >= 11 is 0. The number of hydrogen-bond donors (Lipinski definition) is 0. The fourth-order valence-corrected chi connectivity index (χ4v) is 1.52. The van der Waals surface area contributed by atoms with Crippen LogP contribution in [-0.2, 0) is 0 Å². The first-order valence-corrected chi connectivity index (χ1v) is 5.88. The summed E-state index contributed by atoms with van der Waals surface area (Å²) in [6, 6.07) is 14.6. The second-order valence-electron chi connectivity index (χ2n) is 3.18. The van der Waals surface area contributed by atoms with Crippen LogP contribution in [0.5, 0.6) is 0 Å². The molecule has 0 unspecified atom stereocenters. The van der Waals surface area contributed by atoms with Crippen molar-refractivity contribution in [3.05, 3.63) is 48.0 Å². The van der Waals surface area contributed by atoms with Crippen LogP contribution in [0.2, 0.25) is 0 Å². The van der Waals surface area contributed by atoms with Gasteiger partial charge in [-0.25, -0.2) is 0 Å². The second kappa shape index (κ2) is 6.69. The summed E-state index contributed by atoms with van der Waals surface area (Å²) in [4.78, 5) is 0. The molecular weight excluding hydrogens is 192 g/mol. The molecule has 0 radical (unpaired) electrons. The Morgan fingerprint density at radius 1 is 0.938 bits per heavy atom. The maximum atomic E-state index is 3.19. The lowest BCUT2D eigenvalue weighted by molar-refractivity contribution is 1.28. The molecule has 0 saturated carbocycles. The van der Waals surface area contributed by atoms with Gasteiger partial charge in [-0.1, -0.05) is 69.0 Å². The zero-order valence-electron chi connectivity index (χ0n) is 10.2. The Balaban J connectivity index is 0.000000606. The van der Waals surface area contributed by atoms with Crippen LogP contribution in [0.4, 0.5) is 0 Å². The van der Waals surface area contributed by atoms with Crippen LogP contribution < -0.4 is 0 Å². The van der Waals surface area contributed by atoms with Gasteiger partial charge < -0.3 is 0 Å². The van der Waals surface area contributed by atoms with Gasteiger partial charge in [0.1, 0.15) is 0 Å². The second-order valence-corrected chi connectivity index (χ2v) is 3.18. The van der Waals surface area contributed by atoms with Gasteiger partial charge in [0.15, 0.2) is 0 Å². The van der Waals surface area contributed by atoms with Crippen LogP contribution in [0.25, 0.3) is 10.8 Å². The molecule has 0 aliphatic carbocycles. The van der Waals surface area contributed by atoms with Crippen molar-refractivity contribution in [2.45, 2.75) is 27.2 Å². The van der Waals surface area contributed by atoms with Crippen molar-refractivity contribution in [2.75, 3.05) is 0 Å². The molecule has 0 heteroatoms. The van der Waals surface area contributed by atoms with E-state index in [1.54, 1.807) is 0 Å². The van der Waals surface area contributed by atoms with Crippen LogP contribution >= 0.6 is 0 Å².